The molecule has 42 heavy (non-hydrogen) atoms. The van der Waals surface area contributed by atoms with Crippen molar-refractivity contribution in [3.63, 3.8) is 0 Å². The summed E-state index contributed by atoms with van der Waals surface area (Å²) in [6.07, 6.45) is 2.13. The van der Waals surface area contributed by atoms with Crippen LogP contribution in [0.2, 0.25) is 0 Å². The fourth-order valence-electron chi connectivity index (χ4n) is 5.20. The Kier molecular flexibility index (Phi) is 9.27. The first-order valence-corrected chi connectivity index (χ1v) is 15.7. The third kappa shape index (κ3) is 7.01. The maximum atomic E-state index is 12.9. The van der Waals surface area contributed by atoms with E-state index in [-0.39, 0.29) is 16.8 Å². The van der Waals surface area contributed by atoms with E-state index < -0.39 is 16.1 Å². The van der Waals surface area contributed by atoms with Crippen LogP contribution in [-0.2, 0) is 21.3 Å². The Morgan fingerprint density at radius 1 is 1.02 bits per heavy atom. The van der Waals surface area contributed by atoms with E-state index in [9.17, 15) is 18.3 Å². The maximum absolute atomic E-state index is 12.9. The number of nitrogens with zero attached hydrogens (tertiary/aromatic N) is 3. The molecule has 3 aromatic carbocycles. The molecule has 0 spiro atoms. The molecular formula is C32H38N4O5S. The van der Waals surface area contributed by atoms with Crippen LogP contribution in [0.5, 0.6) is 0 Å². The number of anilines is 1. The molecule has 1 amide bonds. The summed E-state index contributed by atoms with van der Waals surface area (Å²) in [5, 5.41) is 12.0. The number of likely N-dealkylation sites (N-methyl/N-ethyl adjacent to an activating group) is 1. The lowest BCUT2D eigenvalue weighted by Crippen LogP contribution is -2.40. The van der Waals surface area contributed by atoms with Crippen molar-refractivity contribution in [2.24, 2.45) is 0 Å². The Bertz CT molecular complexity index is 1620. The zero-order chi connectivity index (χ0) is 29.7. The van der Waals surface area contributed by atoms with Crippen molar-refractivity contribution in [3.8, 4) is 0 Å². The van der Waals surface area contributed by atoms with Crippen molar-refractivity contribution in [1.29, 1.82) is 0 Å². The smallest absolute Gasteiger partial charge is 0.261 e. The highest BCUT2D eigenvalue weighted by Crippen LogP contribution is 2.23. The molecule has 2 N–H and O–H groups in total. The lowest BCUT2D eigenvalue weighted by atomic mass is 10.1. The first-order valence-electron chi connectivity index (χ1n) is 14.2. The Hall–Kier alpha value is -3.70. The van der Waals surface area contributed by atoms with Gasteiger partial charge < -0.3 is 24.2 Å². The molecule has 1 unspecified atom stereocenters. The van der Waals surface area contributed by atoms with Gasteiger partial charge in [-0.3, -0.25) is 9.52 Å². The zero-order valence-electron chi connectivity index (χ0n) is 24.0. The van der Waals surface area contributed by atoms with Gasteiger partial charge in [0.2, 0.25) is 0 Å². The van der Waals surface area contributed by atoms with Crippen molar-refractivity contribution < 1.29 is 23.1 Å². The molecule has 222 valence electrons. The molecule has 1 aliphatic rings. The highest BCUT2D eigenvalue weighted by Gasteiger charge is 2.20. The van der Waals surface area contributed by atoms with E-state index in [0.29, 0.717) is 49.7 Å². The van der Waals surface area contributed by atoms with Crippen LogP contribution in [0.15, 0.2) is 90.0 Å². The van der Waals surface area contributed by atoms with Crippen LogP contribution in [0.4, 0.5) is 5.69 Å². The molecule has 1 saturated heterocycles. The summed E-state index contributed by atoms with van der Waals surface area (Å²) in [7, 11) is -1.74. The van der Waals surface area contributed by atoms with Crippen LogP contribution >= 0.6 is 0 Å². The van der Waals surface area contributed by atoms with Gasteiger partial charge in [-0.15, -0.1) is 0 Å². The summed E-state index contributed by atoms with van der Waals surface area (Å²) in [4.78, 5) is 17.0. The minimum absolute atomic E-state index is 0.0425. The molecule has 10 heteroatoms. The summed E-state index contributed by atoms with van der Waals surface area (Å²) >= 11 is 0. The number of hydrogen-bond donors (Lipinski definition) is 2. The van der Waals surface area contributed by atoms with Crippen LogP contribution in [0.25, 0.3) is 10.9 Å². The number of rotatable bonds is 11. The van der Waals surface area contributed by atoms with E-state index in [1.807, 2.05) is 36.2 Å². The number of sulfonamides is 1. The lowest BCUT2D eigenvalue weighted by molar-refractivity contribution is 0.0303. The molecule has 0 bridgehead atoms. The molecule has 2 heterocycles. The monoisotopic (exact) mass is 590 g/mol. The average Bonchev–Trinajstić information content (AvgIpc) is 3.42. The Morgan fingerprint density at radius 3 is 2.55 bits per heavy atom. The fraction of sp³-hybridized carbons (Fsp3) is 0.344. The fourth-order valence-corrected chi connectivity index (χ4v) is 6.28. The van der Waals surface area contributed by atoms with E-state index in [1.165, 1.54) is 0 Å². The van der Waals surface area contributed by atoms with Gasteiger partial charge in [0.25, 0.3) is 15.9 Å². The molecule has 0 aliphatic carbocycles. The van der Waals surface area contributed by atoms with Crippen molar-refractivity contribution in [1.82, 2.24) is 14.4 Å². The third-order valence-corrected chi connectivity index (χ3v) is 9.29. The number of carbonyl (C=O) groups is 1. The number of aromatic nitrogens is 1. The zero-order valence-corrected chi connectivity index (χ0v) is 24.8. The van der Waals surface area contributed by atoms with Gasteiger partial charge in [-0.1, -0.05) is 30.3 Å². The maximum Gasteiger partial charge on any atom is 0.261 e. The number of fused-ring (bicyclic) bond motifs is 1. The van der Waals surface area contributed by atoms with E-state index in [4.69, 9.17) is 4.74 Å². The number of nitrogens with one attached hydrogen (secondary N) is 1. The van der Waals surface area contributed by atoms with Crippen LogP contribution < -0.4 is 4.72 Å². The van der Waals surface area contributed by atoms with Crippen LogP contribution in [0.3, 0.4) is 0 Å². The third-order valence-electron chi connectivity index (χ3n) is 7.89. The number of amides is 1. The average molecular weight is 591 g/mol. The molecule has 9 nitrogen and oxygen atoms in total. The molecule has 0 saturated carbocycles. The molecular weight excluding hydrogens is 552 g/mol. The predicted octanol–water partition coefficient (Wildman–Crippen LogP) is 4.36. The highest BCUT2D eigenvalue weighted by molar-refractivity contribution is 7.92. The number of hydrogen-bond acceptors (Lipinski definition) is 6. The van der Waals surface area contributed by atoms with E-state index >= 15 is 0 Å². The van der Waals surface area contributed by atoms with Gasteiger partial charge >= 0.3 is 0 Å². The van der Waals surface area contributed by atoms with Crippen LogP contribution in [0.1, 0.15) is 35.4 Å². The Labute approximate surface area is 247 Å². The van der Waals surface area contributed by atoms with Gasteiger partial charge in [-0.05, 0) is 74.5 Å². The summed E-state index contributed by atoms with van der Waals surface area (Å²) in [6.45, 7) is 5.72. The van der Waals surface area contributed by atoms with Gasteiger partial charge in [-0.2, -0.15) is 0 Å². The topological polar surface area (TPSA) is 104 Å². The van der Waals surface area contributed by atoms with Crippen molar-refractivity contribution in [3.05, 3.63) is 96.2 Å². The number of aliphatic hydroxyl groups is 1. The standard InChI is InChI=1S/C32H38N4O5S/c1-24(13-15-35-16-14-25-21-27(11-12-30(25)35)32(38)36-17-19-41-20-18-36)34(2)23-31(37)26-7-6-8-28(22-26)33-42(39,40)29-9-4-3-5-10-29/h3-12,14,16,21-22,24,31,33,37H,13,15,17-20,23H2,1-2H3/t24?,31-/m0/s1. The van der Waals surface area contributed by atoms with Gasteiger partial charge in [0.1, 0.15) is 0 Å². The van der Waals surface area contributed by atoms with E-state index in [2.05, 4.69) is 27.3 Å². The van der Waals surface area contributed by atoms with Gasteiger partial charge in [0.05, 0.1) is 24.2 Å². The summed E-state index contributed by atoms with van der Waals surface area (Å²) in [5.41, 5.74) is 2.82. The van der Waals surface area contributed by atoms with Gasteiger partial charge in [-0.25, -0.2) is 8.42 Å². The minimum Gasteiger partial charge on any atom is -0.387 e. The Balaban J connectivity index is 1.16. The molecule has 1 aliphatic heterocycles. The summed E-state index contributed by atoms with van der Waals surface area (Å²) < 4.78 is 35.6. The molecule has 5 rings (SSSR count). The molecule has 0 radical (unpaired) electrons. The largest absolute Gasteiger partial charge is 0.387 e. The SMILES string of the molecule is CC(CCn1ccc2cc(C(=O)N3CCOCC3)ccc21)N(C)C[C@H](O)c1cccc(NS(=O)(=O)c2ccccc2)c1. The van der Waals surface area contributed by atoms with E-state index in [0.717, 1.165) is 23.9 Å². The molecule has 1 aromatic heterocycles. The van der Waals surface area contributed by atoms with Crippen molar-refractivity contribution in [2.45, 2.75) is 36.9 Å². The van der Waals surface area contributed by atoms with Gasteiger partial charge in [0, 0.05) is 60.6 Å². The van der Waals surface area contributed by atoms with Crippen LogP contribution in [-0.4, -0.2) is 79.7 Å². The molecule has 4 aromatic rings. The number of carbonyl (C=O) groups excluding carboxylic acids is 1. The quantitative estimate of drug-likeness (QED) is 0.269. The van der Waals surface area contributed by atoms with Crippen LogP contribution in [0, 0.1) is 0 Å². The number of morpholine rings is 1. The minimum atomic E-state index is -3.72. The van der Waals surface area contributed by atoms with Gasteiger partial charge in [0.15, 0.2) is 0 Å². The number of benzene rings is 3. The predicted molar refractivity (Wildman–Crippen MR) is 164 cm³/mol. The second-order valence-corrected chi connectivity index (χ2v) is 12.5. The summed E-state index contributed by atoms with van der Waals surface area (Å²) in [5.74, 6) is 0.0425. The molecule has 2 atom stereocenters. The Morgan fingerprint density at radius 2 is 1.79 bits per heavy atom. The van der Waals surface area contributed by atoms with E-state index in [1.54, 1.807) is 54.6 Å². The van der Waals surface area contributed by atoms with Crippen molar-refractivity contribution >= 4 is 32.5 Å². The number of ether oxygens (including phenoxy) is 1. The van der Waals surface area contributed by atoms with Crippen molar-refractivity contribution in [2.75, 3.05) is 44.6 Å². The summed E-state index contributed by atoms with van der Waals surface area (Å²) in [6, 6.07) is 23.2. The first kappa shape index (κ1) is 29.8. The number of aliphatic hydroxyl groups excluding tert-OH is 1. The molecule has 1 fully saturated rings. The normalized spacial score (nSPS) is 15.6. The lowest BCUT2D eigenvalue weighted by Gasteiger charge is -2.27. The second kappa shape index (κ2) is 13.1. The number of aryl methyl sites for hydroxylation is 1. The highest BCUT2D eigenvalue weighted by atomic mass is 32.2. The first-order chi connectivity index (χ1) is 20.2. The second-order valence-electron chi connectivity index (χ2n) is 10.8.